The molecular formula is C24H18FN3O3. The maximum Gasteiger partial charge on any atom is 0.270 e. The lowest BCUT2D eigenvalue weighted by atomic mass is 10.1. The molecule has 1 aliphatic rings. The van der Waals surface area contributed by atoms with Crippen LogP contribution in [0.25, 0.3) is 16.9 Å². The third-order valence-corrected chi connectivity index (χ3v) is 4.97. The van der Waals surface area contributed by atoms with E-state index in [2.05, 4.69) is 10.4 Å². The van der Waals surface area contributed by atoms with Gasteiger partial charge in [0, 0.05) is 12.1 Å². The summed E-state index contributed by atoms with van der Waals surface area (Å²) in [5.41, 5.74) is 3.33. The molecule has 2 heterocycles. The molecule has 1 N–H and O–H groups in total. The van der Waals surface area contributed by atoms with Gasteiger partial charge in [0.2, 0.25) is 6.79 Å². The molecule has 6 nitrogen and oxygen atoms in total. The predicted molar refractivity (Wildman–Crippen MR) is 113 cm³/mol. The lowest BCUT2D eigenvalue weighted by molar-refractivity contribution is 0.0943. The standard InChI is InChI=1S/C24H18FN3O3/c25-18-9-7-17(8-10-18)20-13-21(28(27-20)19-4-2-1-3-5-19)24(29)26-14-16-6-11-22-23(12-16)31-15-30-22/h1-13H,14-15H2,(H,26,29). The number of benzene rings is 3. The monoisotopic (exact) mass is 415 g/mol. The van der Waals surface area contributed by atoms with Gasteiger partial charge in [0.05, 0.1) is 11.4 Å². The number of carbonyl (C=O) groups excluding carboxylic acids is 1. The van der Waals surface area contributed by atoms with Crippen molar-refractivity contribution >= 4 is 5.91 Å². The number of halogens is 1. The summed E-state index contributed by atoms with van der Waals surface area (Å²) in [5.74, 6) is 0.760. The summed E-state index contributed by atoms with van der Waals surface area (Å²) < 4.78 is 25.6. The van der Waals surface area contributed by atoms with E-state index in [1.54, 1.807) is 22.9 Å². The molecule has 0 spiro atoms. The van der Waals surface area contributed by atoms with Crippen LogP contribution in [0.5, 0.6) is 11.5 Å². The van der Waals surface area contributed by atoms with E-state index in [1.807, 2.05) is 48.5 Å². The average molecular weight is 415 g/mol. The summed E-state index contributed by atoms with van der Waals surface area (Å²) in [6.45, 7) is 0.523. The third kappa shape index (κ3) is 3.85. The fourth-order valence-electron chi connectivity index (χ4n) is 3.39. The Balaban J connectivity index is 1.43. The van der Waals surface area contributed by atoms with Crippen molar-refractivity contribution in [2.75, 3.05) is 6.79 Å². The smallest absolute Gasteiger partial charge is 0.270 e. The van der Waals surface area contributed by atoms with E-state index in [0.29, 0.717) is 29.4 Å². The molecule has 7 heteroatoms. The third-order valence-electron chi connectivity index (χ3n) is 4.97. The summed E-state index contributed by atoms with van der Waals surface area (Å²) in [6.07, 6.45) is 0. The molecule has 1 aromatic heterocycles. The number of carbonyl (C=O) groups is 1. The van der Waals surface area contributed by atoms with Gasteiger partial charge in [-0.2, -0.15) is 5.10 Å². The van der Waals surface area contributed by atoms with Crippen LogP contribution < -0.4 is 14.8 Å². The molecule has 0 aliphatic carbocycles. The summed E-state index contributed by atoms with van der Waals surface area (Å²) in [5, 5.41) is 7.53. The van der Waals surface area contributed by atoms with Gasteiger partial charge in [0.1, 0.15) is 11.5 Å². The summed E-state index contributed by atoms with van der Waals surface area (Å²) in [7, 11) is 0. The Morgan fingerprint density at radius 1 is 0.968 bits per heavy atom. The van der Waals surface area contributed by atoms with Crippen molar-refractivity contribution in [2.45, 2.75) is 6.54 Å². The number of ether oxygens (including phenoxy) is 2. The van der Waals surface area contributed by atoms with Crippen LogP contribution in [0.4, 0.5) is 4.39 Å². The fourth-order valence-corrected chi connectivity index (χ4v) is 3.39. The van der Waals surface area contributed by atoms with E-state index in [9.17, 15) is 9.18 Å². The molecule has 1 aliphatic heterocycles. The fraction of sp³-hybridized carbons (Fsp3) is 0.0833. The van der Waals surface area contributed by atoms with E-state index in [4.69, 9.17) is 9.47 Å². The minimum atomic E-state index is -0.326. The van der Waals surface area contributed by atoms with Gasteiger partial charge in [-0.25, -0.2) is 9.07 Å². The number of hydrogen-bond donors (Lipinski definition) is 1. The predicted octanol–water partition coefficient (Wildman–Crippen LogP) is 4.34. The maximum atomic E-state index is 13.3. The first-order valence-electron chi connectivity index (χ1n) is 9.75. The number of nitrogens with zero attached hydrogens (tertiary/aromatic N) is 2. The molecule has 0 radical (unpaired) electrons. The first-order chi connectivity index (χ1) is 15.2. The van der Waals surface area contributed by atoms with Crippen LogP contribution in [-0.2, 0) is 6.54 Å². The van der Waals surface area contributed by atoms with Crippen molar-refractivity contribution in [3.05, 3.63) is 95.9 Å². The van der Waals surface area contributed by atoms with E-state index in [-0.39, 0.29) is 18.5 Å². The maximum absolute atomic E-state index is 13.3. The van der Waals surface area contributed by atoms with Gasteiger partial charge >= 0.3 is 0 Å². The van der Waals surface area contributed by atoms with Gasteiger partial charge in [-0.1, -0.05) is 24.3 Å². The van der Waals surface area contributed by atoms with Crippen LogP contribution in [-0.4, -0.2) is 22.5 Å². The minimum absolute atomic E-state index is 0.202. The van der Waals surface area contributed by atoms with Crippen LogP contribution in [0.15, 0.2) is 78.9 Å². The van der Waals surface area contributed by atoms with Gasteiger partial charge in [0.15, 0.2) is 11.5 Å². The Morgan fingerprint density at radius 3 is 2.55 bits per heavy atom. The first kappa shape index (κ1) is 18.9. The summed E-state index contributed by atoms with van der Waals surface area (Å²) >= 11 is 0. The van der Waals surface area contributed by atoms with Gasteiger partial charge in [-0.05, 0) is 60.2 Å². The second kappa shape index (κ2) is 7.95. The van der Waals surface area contributed by atoms with Gasteiger partial charge < -0.3 is 14.8 Å². The molecule has 0 saturated carbocycles. The highest BCUT2D eigenvalue weighted by molar-refractivity contribution is 5.94. The molecule has 0 bridgehead atoms. The largest absolute Gasteiger partial charge is 0.454 e. The van der Waals surface area contributed by atoms with Gasteiger partial charge in [-0.15, -0.1) is 0 Å². The quantitative estimate of drug-likeness (QED) is 0.527. The molecule has 0 atom stereocenters. The second-order valence-corrected chi connectivity index (χ2v) is 7.04. The molecule has 3 aromatic carbocycles. The molecule has 0 unspecified atom stereocenters. The first-order valence-corrected chi connectivity index (χ1v) is 9.75. The Labute approximate surface area is 177 Å². The lowest BCUT2D eigenvalue weighted by Crippen LogP contribution is -2.25. The van der Waals surface area contributed by atoms with Crippen molar-refractivity contribution in [1.29, 1.82) is 0 Å². The highest BCUT2D eigenvalue weighted by Gasteiger charge is 2.18. The van der Waals surface area contributed by atoms with Crippen LogP contribution in [0.3, 0.4) is 0 Å². The van der Waals surface area contributed by atoms with Crippen molar-refractivity contribution in [2.24, 2.45) is 0 Å². The molecule has 0 saturated heterocycles. The molecule has 0 fully saturated rings. The molecule has 1 amide bonds. The van der Waals surface area contributed by atoms with E-state index >= 15 is 0 Å². The van der Waals surface area contributed by atoms with Crippen LogP contribution >= 0.6 is 0 Å². The van der Waals surface area contributed by atoms with Crippen molar-refractivity contribution in [3.63, 3.8) is 0 Å². The van der Waals surface area contributed by atoms with Gasteiger partial charge in [0.25, 0.3) is 5.91 Å². The summed E-state index contributed by atoms with van der Waals surface area (Å²) in [6, 6.07) is 22.7. The average Bonchev–Trinajstić information content (AvgIpc) is 3.45. The summed E-state index contributed by atoms with van der Waals surface area (Å²) in [4.78, 5) is 13.1. The highest BCUT2D eigenvalue weighted by Crippen LogP contribution is 2.32. The Bertz CT molecular complexity index is 1240. The second-order valence-electron chi connectivity index (χ2n) is 7.04. The lowest BCUT2D eigenvalue weighted by Gasteiger charge is -2.09. The van der Waals surface area contributed by atoms with Gasteiger partial charge in [-0.3, -0.25) is 4.79 Å². The highest BCUT2D eigenvalue weighted by atomic mass is 19.1. The zero-order chi connectivity index (χ0) is 21.2. The number of nitrogens with one attached hydrogen (secondary N) is 1. The zero-order valence-corrected chi connectivity index (χ0v) is 16.4. The van der Waals surface area contributed by atoms with Crippen molar-refractivity contribution < 1.29 is 18.7 Å². The normalized spacial score (nSPS) is 12.0. The number of para-hydroxylation sites is 1. The number of amides is 1. The number of aromatic nitrogens is 2. The molecular weight excluding hydrogens is 397 g/mol. The van der Waals surface area contributed by atoms with Crippen LogP contribution in [0.2, 0.25) is 0 Å². The SMILES string of the molecule is O=C(NCc1ccc2c(c1)OCO2)c1cc(-c2ccc(F)cc2)nn1-c1ccccc1. The Kier molecular flexibility index (Phi) is 4.84. The van der Waals surface area contributed by atoms with Crippen LogP contribution in [0.1, 0.15) is 16.1 Å². The van der Waals surface area contributed by atoms with E-state index in [0.717, 1.165) is 16.8 Å². The molecule has 4 aromatic rings. The number of hydrogen-bond acceptors (Lipinski definition) is 4. The topological polar surface area (TPSA) is 65.4 Å². The van der Waals surface area contributed by atoms with E-state index < -0.39 is 0 Å². The molecule has 5 rings (SSSR count). The van der Waals surface area contributed by atoms with Crippen molar-refractivity contribution in [1.82, 2.24) is 15.1 Å². The minimum Gasteiger partial charge on any atom is -0.454 e. The van der Waals surface area contributed by atoms with Crippen LogP contribution in [0, 0.1) is 5.82 Å². The zero-order valence-electron chi connectivity index (χ0n) is 16.4. The van der Waals surface area contributed by atoms with E-state index in [1.165, 1.54) is 12.1 Å². The Morgan fingerprint density at radius 2 is 1.74 bits per heavy atom. The number of fused-ring (bicyclic) bond motifs is 1. The van der Waals surface area contributed by atoms with Crippen molar-refractivity contribution in [3.8, 4) is 28.4 Å². The Hall–Kier alpha value is -4.13. The molecule has 31 heavy (non-hydrogen) atoms. The molecule has 154 valence electrons. The number of rotatable bonds is 5.